The van der Waals surface area contributed by atoms with Crippen molar-refractivity contribution in [1.82, 2.24) is 10.2 Å². The second kappa shape index (κ2) is 8.79. The van der Waals surface area contributed by atoms with Crippen LogP contribution in [0.15, 0.2) is 0 Å². The minimum atomic E-state index is -0.947. The predicted molar refractivity (Wildman–Crippen MR) is 75.2 cm³/mol. The summed E-state index contributed by atoms with van der Waals surface area (Å²) in [6.07, 6.45) is 1.89. The number of nitrogens with one attached hydrogen (secondary N) is 1. The third-order valence-electron chi connectivity index (χ3n) is 2.69. The molecule has 2 unspecified atom stereocenters. The summed E-state index contributed by atoms with van der Waals surface area (Å²) < 4.78 is 0. The zero-order valence-corrected chi connectivity index (χ0v) is 12.6. The lowest BCUT2D eigenvalue weighted by Gasteiger charge is -2.24. The minimum Gasteiger partial charge on any atom is -0.481 e. The van der Waals surface area contributed by atoms with Crippen LogP contribution in [-0.4, -0.2) is 53.0 Å². The topological polar surface area (TPSA) is 86.7 Å². The Labute approximate surface area is 117 Å². The molecule has 2 N–H and O–H groups in total. The average molecular weight is 290 g/mol. The summed E-state index contributed by atoms with van der Waals surface area (Å²) >= 11 is 1.62. The highest BCUT2D eigenvalue weighted by atomic mass is 32.2. The number of hydrogen-bond acceptors (Lipinski definition) is 4. The van der Waals surface area contributed by atoms with Gasteiger partial charge in [-0.15, -0.1) is 0 Å². The van der Waals surface area contributed by atoms with Gasteiger partial charge in [0.2, 0.25) is 5.91 Å². The Bertz CT molecular complexity index is 336. The van der Waals surface area contributed by atoms with Crippen LogP contribution < -0.4 is 5.32 Å². The van der Waals surface area contributed by atoms with Crippen LogP contribution in [0.2, 0.25) is 0 Å². The Kier molecular flexibility index (Phi) is 8.22. The highest BCUT2D eigenvalue weighted by molar-refractivity contribution is 7.98. The fourth-order valence-electron chi connectivity index (χ4n) is 1.50. The molecule has 0 aliphatic rings. The van der Waals surface area contributed by atoms with Crippen LogP contribution in [0.1, 0.15) is 26.7 Å². The van der Waals surface area contributed by atoms with E-state index in [0.29, 0.717) is 0 Å². The van der Waals surface area contributed by atoms with E-state index in [4.69, 9.17) is 5.11 Å². The van der Waals surface area contributed by atoms with Crippen LogP contribution in [-0.2, 0) is 9.59 Å². The molecule has 0 aliphatic heterocycles. The van der Waals surface area contributed by atoms with Gasteiger partial charge in [0, 0.05) is 31.7 Å². The third kappa shape index (κ3) is 7.71. The lowest BCUT2D eigenvalue weighted by molar-refractivity contribution is -0.138. The molecule has 0 spiro atoms. The molecular formula is C12H22N2O4S. The van der Waals surface area contributed by atoms with Crippen molar-refractivity contribution in [2.75, 3.05) is 19.1 Å². The van der Waals surface area contributed by atoms with Gasteiger partial charge in [-0.2, -0.15) is 11.8 Å². The first-order valence-electron chi connectivity index (χ1n) is 6.05. The number of carboxylic acids is 1. The van der Waals surface area contributed by atoms with E-state index < -0.39 is 17.9 Å². The van der Waals surface area contributed by atoms with Crippen LogP contribution in [0.5, 0.6) is 0 Å². The monoisotopic (exact) mass is 290 g/mol. The van der Waals surface area contributed by atoms with Gasteiger partial charge in [-0.25, -0.2) is 4.79 Å². The zero-order chi connectivity index (χ0) is 15.0. The molecule has 0 rings (SSSR count). The standard InChI is InChI=1S/C12H22N2O4S/c1-8(6-11(16)17)5-10(15)13-12(18)14(3)9(2)7-19-4/h8-9H,5-7H2,1-4H3,(H,16,17)(H,13,15,18). The highest BCUT2D eigenvalue weighted by Crippen LogP contribution is 2.08. The number of rotatable bonds is 7. The lowest BCUT2D eigenvalue weighted by Crippen LogP contribution is -2.45. The fraction of sp³-hybridized carbons (Fsp3) is 0.750. The number of thioether (sulfide) groups is 1. The summed E-state index contributed by atoms with van der Waals surface area (Å²) in [4.78, 5) is 35.3. The van der Waals surface area contributed by atoms with E-state index in [-0.39, 0.29) is 24.8 Å². The van der Waals surface area contributed by atoms with E-state index in [1.54, 1.807) is 25.7 Å². The maximum atomic E-state index is 11.7. The smallest absolute Gasteiger partial charge is 0.324 e. The molecular weight excluding hydrogens is 268 g/mol. The minimum absolute atomic E-state index is 0.0271. The number of amides is 3. The molecule has 0 saturated heterocycles. The van der Waals surface area contributed by atoms with Gasteiger partial charge in [0.05, 0.1) is 0 Å². The second-order valence-electron chi connectivity index (χ2n) is 4.68. The van der Waals surface area contributed by atoms with E-state index in [9.17, 15) is 14.4 Å². The molecule has 7 heteroatoms. The third-order valence-corrected chi connectivity index (χ3v) is 3.51. The van der Waals surface area contributed by atoms with Crippen molar-refractivity contribution in [2.45, 2.75) is 32.7 Å². The molecule has 0 aromatic rings. The van der Waals surface area contributed by atoms with Gasteiger partial charge in [0.15, 0.2) is 0 Å². The molecule has 0 radical (unpaired) electrons. The quantitative estimate of drug-likeness (QED) is 0.740. The van der Waals surface area contributed by atoms with E-state index in [1.807, 2.05) is 13.2 Å². The highest BCUT2D eigenvalue weighted by Gasteiger charge is 2.19. The molecule has 0 aromatic heterocycles. The van der Waals surface area contributed by atoms with Gasteiger partial charge in [0.1, 0.15) is 0 Å². The Morgan fingerprint density at radius 2 is 1.84 bits per heavy atom. The second-order valence-corrected chi connectivity index (χ2v) is 5.59. The summed E-state index contributed by atoms with van der Waals surface area (Å²) in [5, 5.41) is 10.9. The molecule has 0 heterocycles. The van der Waals surface area contributed by atoms with Gasteiger partial charge in [-0.3, -0.25) is 14.9 Å². The van der Waals surface area contributed by atoms with Crippen molar-refractivity contribution >= 4 is 29.7 Å². The molecule has 0 saturated carbocycles. The van der Waals surface area contributed by atoms with Crippen molar-refractivity contribution in [3.63, 3.8) is 0 Å². The number of aliphatic carboxylic acids is 1. The summed E-state index contributed by atoms with van der Waals surface area (Å²) in [6.45, 7) is 3.56. The molecule has 3 amide bonds. The Morgan fingerprint density at radius 1 is 1.26 bits per heavy atom. The first-order valence-corrected chi connectivity index (χ1v) is 7.44. The van der Waals surface area contributed by atoms with Gasteiger partial charge in [0.25, 0.3) is 0 Å². The summed E-state index contributed by atoms with van der Waals surface area (Å²) in [7, 11) is 1.63. The van der Waals surface area contributed by atoms with E-state index >= 15 is 0 Å². The molecule has 0 aromatic carbocycles. The number of carbonyl (C=O) groups excluding carboxylic acids is 2. The van der Waals surface area contributed by atoms with Gasteiger partial charge < -0.3 is 10.0 Å². The molecule has 19 heavy (non-hydrogen) atoms. The molecule has 6 nitrogen and oxygen atoms in total. The van der Waals surface area contributed by atoms with Crippen LogP contribution >= 0.6 is 11.8 Å². The Hall–Kier alpha value is -1.24. The van der Waals surface area contributed by atoms with E-state index in [1.165, 1.54) is 4.90 Å². The number of carboxylic acid groups (broad SMARTS) is 1. The van der Waals surface area contributed by atoms with Crippen LogP contribution in [0.3, 0.4) is 0 Å². The van der Waals surface area contributed by atoms with Crippen molar-refractivity contribution in [3.8, 4) is 0 Å². The lowest BCUT2D eigenvalue weighted by atomic mass is 10.0. The van der Waals surface area contributed by atoms with Gasteiger partial charge in [-0.1, -0.05) is 6.92 Å². The van der Waals surface area contributed by atoms with Gasteiger partial charge >= 0.3 is 12.0 Å². The number of urea groups is 1. The van der Waals surface area contributed by atoms with Crippen LogP contribution in [0, 0.1) is 5.92 Å². The number of imide groups is 1. The van der Waals surface area contributed by atoms with Crippen LogP contribution in [0.4, 0.5) is 4.79 Å². The normalized spacial score (nSPS) is 13.5. The first kappa shape index (κ1) is 17.8. The van der Waals surface area contributed by atoms with Crippen molar-refractivity contribution in [3.05, 3.63) is 0 Å². The Balaban J connectivity index is 4.18. The molecule has 110 valence electrons. The first-order chi connectivity index (χ1) is 8.77. The molecule has 2 atom stereocenters. The number of carbonyl (C=O) groups is 3. The molecule has 0 aliphatic carbocycles. The Morgan fingerprint density at radius 3 is 2.32 bits per heavy atom. The van der Waals surface area contributed by atoms with Crippen molar-refractivity contribution in [2.24, 2.45) is 5.92 Å². The number of hydrogen-bond donors (Lipinski definition) is 2. The zero-order valence-electron chi connectivity index (χ0n) is 11.8. The molecule has 0 bridgehead atoms. The van der Waals surface area contributed by atoms with E-state index in [0.717, 1.165) is 5.75 Å². The SMILES string of the molecule is CSCC(C)N(C)C(=O)NC(=O)CC(C)CC(=O)O. The van der Waals surface area contributed by atoms with E-state index in [2.05, 4.69) is 5.32 Å². The predicted octanol–water partition coefficient (Wildman–Crippen LogP) is 1.41. The van der Waals surface area contributed by atoms with Crippen molar-refractivity contribution < 1.29 is 19.5 Å². The summed E-state index contributed by atoms with van der Waals surface area (Å²) in [5.74, 6) is -0.897. The fourth-order valence-corrected chi connectivity index (χ4v) is 2.20. The maximum Gasteiger partial charge on any atom is 0.324 e. The number of nitrogens with zero attached hydrogens (tertiary/aromatic N) is 1. The largest absolute Gasteiger partial charge is 0.481 e. The van der Waals surface area contributed by atoms with Gasteiger partial charge in [-0.05, 0) is 19.1 Å². The molecule has 0 fully saturated rings. The maximum absolute atomic E-state index is 11.7. The average Bonchev–Trinajstić information content (AvgIpc) is 2.26. The summed E-state index contributed by atoms with van der Waals surface area (Å²) in [6, 6.07) is -0.423. The summed E-state index contributed by atoms with van der Waals surface area (Å²) in [5.41, 5.74) is 0. The van der Waals surface area contributed by atoms with Crippen molar-refractivity contribution in [1.29, 1.82) is 0 Å². The van der Waals surface area contributed by atoms with Crippen LogP contribution in [0.25, 0.3) is 0 Å².